The molecular formula is C28H22N4O7. The number of pyridine rings is 1. The van der Waals surface area contributed by atoms with Crippen molar-refractivity contribution in [3.8, 4) is 22.8 Å². The van der Waals surface area contributed by atoms with Gasteiger partial charge >= 0.3 is 5.97 Å². The van der Waals surface area contributed by atoms with Crippen LogP contribution in [0.15, 0.2) is 77.9 Å². The number of carbonyl (C=O) groups is 2. The summed E-state index contributed by atoms with van der Waals surface area (Å²) in [5, 5.41) is 17.9. The van der Waals surface area contributed by atoms with E-state index in [2.05, 4.69) is 5.10 Å². The van der Waals surface area contributed by atoms with Crippen LogP contribution >= 0.6 is 0 Å². The molecule has 0 fully saturated rings. The number of hydrogen-bond donors (Lipinski definition) is 0. The Morgan fingerprint density at radius 1 is 1.03 bits per heavy atom. The van der Waals surface area contributed by atoms with Gasteiger partial charge in [0, 0.05) is 36.4 Å². The molecule has 0 bridgehead atoms. The Bertz CT molecular complexity index is 1650. The number of benzene rings is 3. The number of nitro benzene ring substituents is 1. The molecule has 3 aromatic carbocycles. The summed E-state index contributed by atoms with van der Waals surface area (Å²) >= 11 is 0. The number of nitro groups is 1. The molecule has 1 aliphatic rings. The third-order valence-corrected chi connectivity index (χ3v) is 5.99. The van der Waals surface area contributed by atoms with Gasteiger partial charge in [0.05, 0.1) is 34.9 Å². The first-order valence-corrected chi connectivity index (χ1v) is 11.8. The van der Waals surface area contributed by atoms with E-state index in [1.807, 2.05) is 54.6 Å². The van der Waals surface area contributed by atoms with Crippen LogP contribution in [0.2, 0.25) is 0 Å². The van der Waals surface area contributed by atoms with E-state index in [1.54, 1.807) is 6.07 Å². The fourth-order valence-electron chi connectivity index (χ4n) is 4.29. The number of rotatable bonds is 6. The minimum atomic E-state index is -1.28. The second kappa shape index (κ2) is 10.2. The van der Waals surface area contributed by atoms with E-state index in [1.165, 1.54) is 27.0 Å². The van der Waals surface area contributed by atoms with Crippen LogP contribution in [-0.4, -0.2) is 39.8 Å². The van der Waals surface area contributed by atoms with Crippen molar-refractivity contribution in [1.29, 1.82) is 0 Å². The molecule has 0 spiro atoms. The molecule has 0 unspecified atom stereocenters. The Hall–Kier alpha value is -5.32. The van der Waals surface area contributed by atoms with Crippen molar-refractivity contribution in [2.24, 2.45) is 5.10 Å². The number of non-ortho nitro benzene ring substituents is 1. The van der Waals surface area contributed by atoms with Gasteiger partial charge in [-0.15, -0.1) is 5.10 Å². The number of carbonyl (C=O) groups excluding carboxylic acids is 2. The summed E-state index contributed by atoms with van der Waals surface area (Å²) < 4.78 is 16.9. The third kappa shape index (κ3) is 4.85. The number of para-hydroxylation sites is 1. The van der Waals surface area contributed by atoms with Crippen molar-refractivity contribution in [1.82, 2.24) is 9.99 Å². The zero-order valence-corrected chi connectivity index (χ0v) is 21.2. The molecule has 0 radical (unpaired) electrons. The molecule has 1 atom stereocenters. The first-order chi connectivity index (χ1) is 18.8. The number of nitrogens with zero attached hydrogens (tertiary/aromatic N) is 4. The summed E-state index contributed by atoms with van der Waals surface area (Å²) in [7, 11) is 1.28. The minimum Gasteiger partial charge on any atom is -0.493 e. The van der Waals surface area contributed by atoms with E-state index in [9.17, 15) is 19.7 Å². The van der Waals surface area contributed by atoms with Crippen LogP contribution in [-0.2, 0) is 14.3 Å². The average Bonchev–Trinajstić information content (AvgIpc) is 3.38. The summed E-state index contributed by atoms with van der Waals surface area (Å²) in [4.78, 5) is 40.5. The van der Waals surface area contributed by atoms with E-state index in [0.29, 0.717) is 16.8 Å². The molecule has 0 N–H and O–H groups in total. The Morgan fingerprint density at radius 3 is 2.41 bits per heavy atom. The van der Waals surface area contributed by atoms with Crippen LogP contribution in [0.4, 0.5) is 5.69 Å². The normalized spacial score (nSPS) is 14.5. The highest BCUT2D eigenvalue weighted by Gasteiger charge is 2.38. The lowest BCUT2D eigenvalue weighted by molar-refractivity contribution is -0.385. The van der Waals surface area contributed by atoms with Crippen molar-refractivity contribution in [2.75, 3.05) is 7.11 Å². The smallest absolute Gasteiger partial charge is 0.308 e. The SMILES string of the molecule is COc1cc([N+](=O)[O-])cc([C@@H]2OC(c3cc(-c4ccccc4)nc4ccccc34)=NN2C(C)=O)c1OC(C)=O. The van der Waals surface area contributed by atoms with Crippen LogP contribution in [0.5, 0.6) is 11.5 Å². The van der Waals surface area contributed by atoms with Gasteiger partial charge in [-0.25, -0.2) is 4.98 Å². The van der Waals surface area contributed by atoms with Crippen LogP contribution in [0.1, 0.15) is 31.2 Å². The maximum atomic E-state index is 12.7. The van der Waals surface area contributed by atoms with Gasteiger partial charge in [-0.2, -0.15) is 5.01 Å². The van der Waals surface area contributed by atoms with Gasteiger partial charge in [-0.1, -0.05) is 48.5 Å². The predicted molar refractivity (Wildman–Crippen MR) is 141 cm³/mol. The predicted octanol–water partition coefficient (Wildman–Crippen LogP) is 4.98. The lowest BCUT2D eigenvalue weighted by Crippen LogP contribution is -2.26. The minimum absolute atomic E-state index is 0.0202. The van der Waals surface area contributed by atoms with Crippen molar-refractivity contribution < 1.29 is 28.7 Å². The maximum Gasteiger partial charge on any atom is 0.308 e. The quantitative estimate of drug-likeness (QED) is 0.149. The number of ether oxygens (including phenoxy) is 3. The summed E-state index contributed by atoms with van der Waals surface area (Å²) in [6.45, 7) is 2.46. The van der Waals surface area contributed by atoms with E-state index >= 15 is 0 Å². The van der Waals surface area contributed by atoms with E-state index < -0.39 is 23.0 Å². The Labute approximate surface area is 222 Å². The molecule has 11 nitrogen and oxygen atoms in total. The van der Waals surface area contributed by atoms with Crippen LogP contribution in [0.3, 0.4) is 0 Å². The van der Waals surface area contributed by atoms with Crippen molar-refractivity contribution in [3.05, 3.63) is 94.0 Å². The van der Waals surface area contributed by atoms with E-state index in [4.69, 9.17) is 19.2 Å². The summed E-state index contributed by atoms with van der Waals surface area (Å²) in [6.07, 6.45) is -1.28. The fraction of sp³-hybridized carbons (Fsp3) is 0.143. The highest BCUT2D eigenvalue weighted by Crippen LogP contribution is 2.44. The molecule has 5 rings (SSSR count). The van der Waals surface area contributed by atoms with Gasteiger partial charge < -0.3 is 14.2 Å². The number of methoxy groups -OCH3 is 1. The standard InChI is InChI=1S/C28H22N4O7/c1-16(33)31-28(22-13-19(32(35)36)14-25(37-3)26(22)38-17(2)34)39-27(30-31)21-15-24(18-9-5-4-6-10-18)29-23-12-8-7-11-20(21)23/h4-15,28H,1-3H3/t28-/m0/s1. The van der Waals surface area contributed by atoms with Crippen LogP contribution in [0.25, 0.3) is 22.2 Å². The first-order valence-electron chi connectivity index (χ1n) is 11.8. The van der Waals surface area contributed by atoms with Gasteiger partial charge in [0.1, 0.15) is 0 Å². The first kappa shape index (κ1) is 25.3. The molecule has 0 saturated carbocycles. The van der Waals surface area contributed by atoms with Gasteiger partial charge in [0.25, 0.3) is 5.69 Å². The molecule has 2 heterocycles. The molecule has 0 aliphatic carbocycles. The van der Waals surface area contributed by atoms with Crippen molar-refractivity contribution in [2.45, 2.75) is 20.1 Å². The molecule has 39 heavy (non-hydrogen) atoms. The number of hydrogen-bond acceptors (Lipinski definition) is 9. The molecule has 1 aromatic heterocycles. The largest absolute Gasteiger partial charge is 0.493 e. The zero-order chi connectivity index (χ0) is 27.7. The lowest BCUT2D eigenvalue weighted by atomic mass is 10.0. The second-order valence-electron chi connectivity index (χ2n) is 8.59. The van der Waals surface area contributed by atoms with Gasteiger partial charge in [0.2, 0.25) is 18.0 Å². The Balaban J connectivity index is 1.68. The number of amides is 1. The molecule has 4 aromatic rings. The summed E-state index contributed by atoms with van der Waals surface area (Å²) in [6, 6.07) is 21.0. The third-order valence-electron chi connectivity index (χ3n) is 5.99. The highest BCUT2D eigenvalue weighted by molar-refractivity contribution is 6.08. The molecular weight excluding hydrogens is 504 g/mol. The van der Waals surface area contributed by atoms with Crippen LogP contribution < -0.4 is 9.47 Å². The number of fused-ring (bicyclic) bond motifs is 1. The van der Waals surface area contributed by atoms with Gasteiger partial charge in [-0.3, -0.25) is 19.7 Å². The number of aromatic nitrogens is 1. The molecule has 11 heteroatoms. The summed E-state index contributed by atoms with van der Waals surface area (Å²) in [5.41, 5.74) is 2.43. The maximum absolute atomic E-state index is 12.7. The molecule has 196 valence electrons. The van der Waals surface area contributed by atoms with Gasteiger partial charge in [-0.05, 0) is 12.1 Å². The van der Waals surface area contributed by atoms with Crippen molar-refractivity contribution in [3.63, 3.8) is 0 Å². The lowest BCUT2D eigenvalue weighted by Gasteiger charge is -2.22. The second-order valence-corrected chi connectivity index (χ2v) is 8.59. The molecule has 0 saturated heterocycles. The monoisotopic (exact) mass is 526 g/mol. The number of esters is 1. The Kier molecular flexibility index (Phi) is 6.63. The van der Waals surface area contributed by atoms with Crippen molar-refractivity contribution >= 4 is 34.4 Å². The average molecular weight is 527 g/mol. The van der Waals surface area contributed by atoms with E-state index in [-0.39, 0.29) is 28.6 Å². The number of hydrazone groups is 1. The van der Waals surface area contributed by atoms with E-state index in [0.717, 1.165) is 22.0 Å². The summed E-state index contributed by atoms with van der Waals surface area (Å²) in [5.74, 6) is -1.30. The fourth-order valence-corrected chi connectivity index (χ4v) is 4.29. The topological polar surface area (TPSA) is 133 Å². The zero-order valence-electron chi connectivity index (χ0n) is 21.2. The highest BCUT2D eigenvalue weighted by atomic mass is 16.6. The molecule has 1 aliphatic heterocycles. The van der Waals surface area contributed by atoms with Crippen LogP contribution in [0, 0.1) is 10.1 Å². The Morgan fingerprint density at radius 2 is 1.74 bits per heavy atom. The molecule has 1 amide bonds. The van der Waals surface area contributed by atoms with Gasteiger partial charge in [0.15, 0.2) is 11.5 Å².